The Labute approximate surface area is 107 Å². The number of rotatable bonds is 7. The summed E-state index contributed by atoms with van der Waals surface area (Å²) in [6.45, 7) is 4.20. The highest BCUT2D eigenvalue weighted by atomic mass is 32.2. The largest absolute Gasteiger partial charge is 0.478 e. The highest BCUT2D eigenvalue weighted by Gasteiger charge is 2.12. The second-order valence-corrected chi connectivity index (χ2v) is 5.13. The number of hydrogen-bond donors (Lipinski definition) is 1. The van der Waals surface area contributed by atoms with E-state index >= 15 is 0 Å². The Morgan fingerprint density at radius 1 is 1.29 bits per heavy atom. The number of aromatic carboxylic acids is 1. The van der Waals surface area contributed by atoms with Crippen molar-refractivity contribution < 1.29 is 9.90 Å². The van der Waals surface area contributed by atoms with Gasteiger partial charge in [0.1, 0.15) is 0 Å². The fraction of sp³-hybridized carbons (Fsp3) is 0.500. The molecule has 1 rings (SSSR count). The molecule has 0 bridgehead atoms. The maximum Gasteiger partial charge on any atom is 0.336 e. The zero-order valence-corrected chi connectivity index (χ0v) is 11.3. The van der Waals surface area contributed by atoms with Gasteiger partial charge in [0.2, 0.25) is 0 Å². The fourth-order valence-corrected chi connectivity index (χ4v) is 2.97. The maximum atomic E-state index is 11.1. The van der Waals surface area contributed by atoms with Crippen LogP contribution in [0.1, 0.15) is 49.0 Å². The van der Waals surface area contributed by atoms with Gasteiger partial charge in [0.05, 0.1) is 5.56 Å². The Morgan fingerprint density at radius 3 is 2.65 bits per heavy atom. The minimum atomic E-state index is -0.821. The summed E-state index contributed by atoms with van der Waals surface area (Å²) in [7, 11) is 0. The summed E-state index contributed by atoms with van der Waals surface area (Å²) in [6, 6.07) is 5.56. The van der Waals surface area contributed by atoms with Crippen LogP contribution in [0.5, 0.6) is 0 Å². The number of thioether (sulfide) groups is 1. The van der Waals surface area contributed by atoms with Crippen molar-refractivity contribution in [1.29, 1.82) is 0 Å². The number of hydrogen-bond acceptors (Lipinski definition) is 2. The van der Waals surface area contributed by atoms with Gasteiger partial charge in [-0.05, 0) is 36.3 Å². The Hall–Kier alpha value is -0.960. The zero-order chi connectivity index (χ0) is 12.7. The standard InChI is InChI=1S/C14H20O2S/c1-3-5-6-10-17-13-9-7-8-12(14(15)16)11(13)4-2/h7-9H,3-6,10H2,1-2H3,(H,15,16). The lowest BCUT2D eigenvalue weighted by Gasteiger charge is -2.10. The quantitative estimate of drug-likeness (QED) is 0.583. The zero-order valence-electron chi connectivity index (χ0n) is 10.5. The van der Waals surface area contributed by atoms with Crippen molar-refractivity contribution in [2.45, 2.75) is 44.4 Å². The molecule has 0 aliphatic rings. The van der Waals surface area contributed by atoms with Gasteiger partial charge < -0.3 is 5.11 Å². The van der Waals surface area contributed by atoms with Gasteiger partial charge in [0, 0.05) is 4.90 Å². The number of carboxylic acids is 1. The van der Waals surface area contributed by atoms with E-state index in [1.54, 1.807) is 17.8 Å². The first-order chi connectivity index (χ1) is 8.20. The first-order valence-corrected chi connectivity index (χ1v) is 7.17. The molecule has 0 fully saturated rings. The number of benzene rings is 1. The minimum Gasteiger partial charge on any atom is -0.478 e. The van der Waals surface area contributed by atoms with Crippen LogP contribution >= 0.6 is 11.8 Å². The van der Waals surface area contributed by atoms with Gasteiger partial charge in [0.15, 0.2) is 0 Å². The summed E-state index contributed by atoms with van der Waals surface area (Å²) in [6.07, 6.45) is 4.43. The third kappa shape index (κ3) is 4.08. The Balaban J connectivity index is 2.77. The van der Waals surface area contributed by atoms with Crippen molar-refractivity contribution in [3.63, 3.8) is 0 Å². The van der Waals surface area contributed by atoms with Crippen LogP contribution < -0.4 is 0 Å². The van der Waals surface area contributed by atoms with Crippen molar-refractivity contribution in [2.24, 2.45) is 0 Å². The van der Waals surface area contributed by atoms with Crippen molar-refractivity contribution >= 4 is 17.7 Å². The molecule has 0 aliphatic carbocycles. The fourth-order valence-electron chi connectivity index (χ4n) is 1.80. The summed E-state index contributed by atoms with van der Waals surface area (Å²) in [5, 5.41) is 9.12. The van der Waals surface area contributed by atoms with Gasteiger partial charge in [-0.1, -0.05) is 32.8 Å². The molecule has 0 unspecified atom stereocenters. The van der Waals surface area contributed by atoms with E-state index in [0.717, 1.165) is 22.6 Å². The first kappa shape index (κ1) is 14.1. The predicted molar refractivity (Wildman–Crippen MR) is 73.0 cm³/mol. The van der Waals surface area contributed by atoms with Crippen molar-refractivity contribution in [3.05, 3.63) is 29.3 Å². The molecule has 3 heteroatoms. The lowest BCUT2D eigenvalue weighted by molar-refractivity contribution is 0.0695. The van der Waals surface area contributed by atoms with Crippen LogP contribution in [0.4, 0.5) is 0 Å². The molecule has 0 amide bonds. The molecule has 0 atom stereocenters. The highest BCUT2D eigenvalue weighted by molar-refractivity contribution is 7.99. The molecule has 0 saturated carbocycles. The molecule has 2 nitrogen and oxygen atoms in total. The van der Waals surface area contributed by atoms with E-state index in [9.17, 15) is 4.79 Å². The normalized spacial score (nSPS) is 10.5. The molecule has 0 aliphatic heterocycles. The van der Waals surface area contributed by atoms with Gasteiger partial charge in [-0.25, -0.2) is 4.79 Å². The van der Waals surface area contributed by atoms with E-state index in [1.165, 1.54) is 19.3 Å². The average Bonchev–Trinajstić information content (AvgIpc) is 2.34. The molecule has 1 N–H and O–H groups in total. The SMILES string of the molecule is CCCCCSc1cccc(C(=O)O)c1CC. The van der Waals surface area contributed by atoms with Crippen LogP contribution in [0.2, 0.25) is 0 Å². The second-order valence-electron chi connectivity index (χ2n) is 4.00. The molecule has 1 aromatic rings. The molecule has 0 radical (unpaired) electrons. The van der Waals surface area contributed by atoms with E-state index in [0.29, 0.717) is 5.56 Å². The van der Waals surface area contributed by atoms with Gasteiger partial charge in [-0.3, -0.25) is 0 Å². The lowest BCUT2D eigenvalue weighted by Crippen LogP contribution is -2.03. The van der Waals surface area contributed by atoms with Crippen LogP contribution in [-0.4, -0.2) is 16.8 Å². The van der Waals surface area contributed by atoms with Gasteiger partial charge >= 0.3 is 5.97 Å². The molecule has 0 heterocycles. The molecular weight excluding hydrogens is 232 g/mol. The van der Waals surface area contributed by atoms with E-state index in [1.807, 2.05) is 19.1 Å². The van der Waals surface area contributed by atoms with Crippen LogP contribution in [0.15, 0.2) is 23.1 Å². The summed E-state index contributed by atoms with van der Waals surface area (Å²) in [5.74, 6) is 0.252. The van der Waals surface area contributed by atoms with Gasteiger partial charge in [0.25, 0.3) is 0 Å². The maximum absolute atomic E-state index is 11.1. The molecule has 94 valence electrons. The second kappa shape index (κ2) is 7.38. The first-order valence-electron chi connectivity index (χ1n) is 6.18. The van der Waals surface area contributed by atoms with Crippen LogP contribution in [-0.2, 0) is 6.42 Å². The monoisotopic (exact) mass is 252 g/mol. The molecule has 0 spiro atoms. The number of carboxylic acid groups (broad SMARTS) is 1. The number of carbonyl (C=O) groups is 1. The van der Waals surface area contributed by atoms with Crippen LogP contribution in [0, 0.1) is 0 Å². The average molecular weight is 252 g/mol. The topological polar surface area (TPSA) is 37.3 Å². The number of unbranched alkanes of at least 4 members (excludes halogenated alkanes) is 2. The summed E-state index contributed by atoms with van der Waals surface area (Å²) in [4.78, 5) is 12.2. The van der Waals surface area contributed by atoms with Crippen LogP contribution in [0.25, 0.3) is 0 Å². The molecule has 17 heavy (non-hydrogen) atoms. The van der Waals surface area contributed by atoms with E-state index in [2.05, 4.69) is 6.92 Å². The van der Waals surface area contributed by atoms with E-state index in [4.69, 9.17) is 5.11 Å². The molecule has 1 aromatic carbocycles. The summed E-state index contributed by atoms with van der Waals surface area (Å²) < 4.78 is 0. The molecular formula is C14H20O2S. The predicted octanol–water partition coefficient (Wildman–Crippen LogP) is 4.23. The minimum absolute atomic E-state index is 0.452. The Morgan fingerprint density at radius 2 is 2.06 bits per heavy atom. The third-order valence-corrected chi connectivity index (χ3v) is 3.91. The van der Waals surface area contributed by atoms with E-state index < -0.39 is 5.97 Å². The van der Waals surface area contributed by atoms with Crippen molar-refractivity contribution in [2.75, 3.05) is 5.75 Å². The molecule has 0 saturated heterocycles. The van der Waals surface area contributed by atoms with E-state index in [-0.39, 0.29) is 0 Å². The summed E-state index contributed by atoms with van der Waals surface area (Å²) in [5.41, 5.74) is 1.43. The molecule has 0 aromatic heterocycles. The van der Waals surface area contributed by atoms with Crippen LogP contribution in [0.3, 0.4) is 0 Å². The van der Waals surface area contributed by atoms with Crippen molar-refractivity contribution in [1.82, 2.24) is 0 Å². The van der Waals surface area contributed by atoms with Gasteiger partial charge in [-0.2, -0.15) is 0 Å². The smallest absolute Gasteiger partial charge is 0.336 e. The van der Waals surface area contributed by atoms with Crippen molar-refractivity contribution in [3.8, 4) is 0 Å². The Bertz CT molecular complexity index is 374. The Kier molecular flexibility index (Phi) is 6.12. The van der Waals surface area contributed by atoms with Gasteiger partial charge in [-0.15, -0.1) is 11.8 Å². The summed E-state index contributed by atoms with van der Waals surface area (Å²) >= 11 is 1.78. The highest BCUT2D eigenvalue weighted by Crippen LogP contribution is 2.27. The lowest BCUT2D eigenvalue weighted by atomic mass is 10.1. The third-order valence-electron chi connectivity index (χ3n) is 2.72.